The number of anilines is 2. The van der Waals surface area contributed by atoms with Gasteiger partial charge in [-0.15, -0.1) is 0 Å². The summed E-state index contributed by atoms with van der Waals surface area (Å²) >= 11 is 0. The molecule has 1 atom stereocenters. The first-order valence-corrected chi connectivity index (χ1v) is 8.18. The van der Waals surface area contributed by atoms with Gasteiger partial charge in [-0.3, -0.25) is 0 Å². The van der Waals surface area contributed by atoms with Gasteiger partial charge in [-0.25, -0.2) is 18.4 Å². The summed E-state index contributed by atoms with van der Waals surface area (Å²) in [7, 11) is -2.95. The zero-order valence-corrected chi connectivity index (χ0v) is 12.3. The van der Waals surface area contributed by atoms with E-state index >= 15 is 0 Å². The summed E-state index contributed by atoms with van der Waals surface area (Å²) in [6.07, 6.45) is 1.27. The van der Waals surface area contributed by atoms with Gasteiger partial charge in [0.05, 0.1) is 17.0 Å². The minimum Gasteiger partial charge on any atom is -0.383 e. The molecule has 3 N–H and O–H groups in total. The molecular formula is C12H20N4O2S. The van der Waals surface area contributed by atoms with Crippen molar-refractivity contribution in [3.8, 4) is 0 Å². The number of aromatic nitrogens is 2. The molecule has 1 saturated heterocycles. The molecule has 1 aliphatic rings. The summed E-state index contributed by atoms with van der Waals surface area (Å²) in [5, 5.41) is 3.25. The molecule has 1 aromatic heterocycles. The molecule has 1 aromatic rings. The molecule has 0 spiro atoms. The highest BCUT2D eigenvalue weighted by Gasteiger charge is 2.38. The Bertz CT molecular complexity index is 600. The van der Waals surface area contributed by atoms with Crippen LogP contribution in [0.2, 0.25) is 0 Å². The Morgan fingerprint density at radius 1 is 1.42 bits per heavy atom. The maximum absolute atomic E-state index is 11.6. The van der Waals surface area contributed by atoms with E-state index in [0.29, 0.717) is 30.3 Å². The summed E-state index contributed by atoms with van der Waals surface area (Å²) in [4.78, 5) is 8.60. The van der Waals surface area contributed by atoms with E-state index in [1.165, 1.54) is 0 Å². The molecule has 0 amide bonds. The highest BCUT2D eigenvalue weighted by Crippen LogP contribution is 2.29. The van der Waals surface area contributed by atoms with Gasteiger partial charge in [0.15, 0.2) is 9.84 Å². The zero-order valence-electron chi connectivity index (χ0n) is 11.5. The third-order valence-electron chi connectivity index (χ3n) is 3.47. The van der Waals surface area contributed by atoms with Gasteiger partial charge < -0.3 is 11.1 Å². The van der Waals surface area contributed by atoms with E-state index in [1.807, 2.05) is 20.8 Å². The second-order valence-corrected chi connectivity index (χ2v) is 7.56. The first-order valence-electron chi connectivity index (χ1n) is 6.36. The van der Waals surface area contributed by atoms with E-state index in [2.05, 4.69) is 15.3 Å². The highest BCUT2D eigenvalue weighted by molar-refractivity contribution is 7.91. The van der Waals surface area contributed by atoms with Gasteiger partial charge in [0.1, 0.15) is 17.5 Å². The Kier molecular flexibility index (Phi) is 3.42. The van der Waals surface area contributed by atoms with Crippen molar-refractivity contribution < 1.29 is 8.42 Å². The number of aryl methyl sites for hydroxylation is 1. The van der Waals surface area contributed by atoms with Crippen LogP contribution in [0, 0.1) is 6.92 Å². The molecule has 7 heteroatoms. The van der Waals surface area contributed by atoms with Crippen molar-refractivity contribution in [1.82, 2.24) is 9.97 Å². The van der Waals surface area contributed by atoms with Crippen LogP contribution in [0.15, 0.2) is 0 Å². The van der Waals surface area contributed by atoms with Gasteiger partial charge in [-0.1, -0.05) is 6.92 Å². The Labute approximate surface area is 113 Å². The number of nitrogens with zero attached hydrogens (tertiary/aromatic N) is 2. The Hall–Kier alpha value is -1.37. The molecule has 0 aliphatic carbocycles. The van der Waals surface area contributed by atoms with Crippen LogP contribution in [-0.4, -0.2) is 35.4 Å². The number of sulfone groups is 1. The number of nitrogens with two attached hydrogens (primary N) is 1. The van der Waals surface area contributed by atoms with Crippen LogP contribution >= 0.6 is 0 Å². The fourth-order valence-electron chi connectivity index (χ4n) is 2.26. The molecule has 2 rings (SSSR count). The van der Waals surface area contributed by atoms with Gasteiger partial charge in [0.2, 0.25) is 0 Å². The topological polar surface area (TPSA) is 98.0 Å². The van der Waals surface area contributed by atoms with Gasteiger partial charge in [0.25, 0.3) is 0 Å². The van der Waals surface area contributed by atoms with Crippen LogP contribution in [0.5, 0.6) is 0 Å². The lowest BCUT2D eigenvalue weighted by Gasteiger charge is -2.26. The molecule has 6 nitrogen and oxygen atoms in total. The Balaban J connectivity index is 2.31. The normalized spacial score (nSPS) is 25.4. The zero-order chi connectivity index (χ0) is 14.3. The van der Waals surface area contributed by atoms with E-state index in [-0.39, 0.29) is 11.5 Å². The minimum absolute atomic E-state index is 0.130. The summed E-state index contributed by atoms with van der Waals surface area (Å²) < 4.78 is 23.2. The molecule has 0 bridgehead atoms. The summed E-state index contributed by atoms with van der Waals surface area (Å²) in [5.41, 5.74) is 6.15. The van der Waals surface area contributed by atoms with Crippen molar-refractivity contribution in [2.45, 2.75) is 39.2 Å². The Morgan fingerprint density at radius 3 is 2.63 bits per heavy atom. The second kappa shape index (κ2) is 4.63. The van der Waals surface area contributed by atoms with Crippen molar-refractivity contribution in [1.29, 1.82) is 0 Å². The van der Waals surface area contributed by atoms with Crippen LogP contribution in [0.3, 0.4) is 0 Å². The average molecular weight is 284 g/mol. The van der Waals surface area contributed by atoms with Crippen LogP contribution in [0.4, 0.5) is 11.6 Å². The molecule has 0 aromatic carbocycles. The maximum Gasteiger partial charge on any atom is 0.152 e. The molecule has 2 heterocycles. The number of hydrogen-bond acceptors (Lipinski definition) is 6. The van der Waals surface area contributed by atoms with Crippen molar-refractivity contribution in [3.05, 3.63) is 11.4 Å². The summed E-state index contributed by atoms with van der Waals surface area (Å²) in [5.74, 6) is 2.10. The van der Waals surface area contributed by atoms with E-state index in [0.717, 1.165) is 5.56 Å². The summed E-state index contributed by atoms with van der Waals surface area (Å²) in [6, 6.07) is 0. The van der Waals surface area contributed by atoms with Gasteiger partial charge in [-0.2, -0.15) is 0 Å². The fraction of sp³-hybridized carbons (Fsp3) is 0.667. The molecule has 106 valence electrons. The molecular weight excluding hydrogens is 264 g/mol. The lowest BCUT2D eigenvalue weighted by molar-refractivity contribution is 0.571. The van der Waals surface area contributed by atoms with Crippen LogP contribution in [-0.2, 0) is 16.3 Å². The highest BCUT2D eigenvalue weighted by atomic mass is 32.2. The first kappa shape index (κ1) is 14.0. The Morgan fingerprint density at radius 2 is 2.11 bits per heavy atom. The fourth-order valence-corrected chi connectivity index (χ4v) is 4.35. The monoisotopic (exact) mass is 284 g/mol. The largest absolute Gasteiger partial charge is 0.383 e. The average Bonchev–Trinajstić information content (AvgIpc) is 2.59. The third kappa shape index (κ3) is 2.97. The predicted octanol–water partition coefficient (Wildman–Crippen LogP) is 0.919. The SMILES string of the molecule is CCc1nc(N)c(C)c(NC2(C)CCS(=O)(=O)C2)n1. The standard InChI is InChI=1S/C12H20N4O2S/c1-4-9-14-10(13)8(2)11(15-9)16-12(3)5-6-19(17,18)7-12/h4-7H2,1-3H3,(H3,13,14,15,16). The van der Waals surface area contributed by atoms with Gasteiger partial charge >= 0.3 is 0 Å². The van der Waals surface area contributed by atoms with Gasteiger partial charge in [-0.05, 0) is 20.3 Å². The molecule has 19 heavy (non-hydrogen) atoms. The third-order valence-corrected chi connectivity index (χ3v) is 5.37. The van der Waals surface area contributed by atoms with Crippen molar-refractivity contribution in [3.63, 3.8) is 0 Å². The minimum atomic E-state index is -2.95. The number of nitrogen functional groups attached to an aromatic ring is 1. The van der Waals surface area contributed by atoms with Crippen molar-refractivity contribution in [2.24, 2.45) is 0 Å². The molecule has 1 aliphatic heterocycles. The molecule has 0 saturated carbocycles. The van der Waals surface area contributed by atoms with E-state index in [9.17, 15) is 8.42 Å². The quantitative estimate of drug-likeness (QED) is 0.856. The number of nitrogens with one attached hydrogen (secondary N) is 1. The van der Waals surface area contributed by atoms with Crippen molar-refractivity contribution in [2.75, 3.05) is 22.6 Å². The van der Waals surface area contributed by atoms with Crippen LogP contribution < -0.4 is 11.1 Å². The van der Waals surface area contributed by atoms with Crippen molar-refractivity contribution >= 4 is 21.5 Å². The molecule has 1 fully saturated rings. The lowest BCUT2D eigenvalue weighted by Crippen LogP contribution is -2.36. The van der Waals surface area contributed by atoms with E-state index in [4.69, 9.17) is 5.73 Å². The van der Waals surface area contributed by atoms with Crippen LogP contribution in [0.25, 0.3) is 0 Å². The molecule has 1 unspecified atom stereocenters. The molecule has 0 radical (unpaired) electrons. The number of rotatable bonds is 3. The maximum atomic E-state index is 11.6. The smallest absolute Gasteiger partial charge is 0.152 e. The van der Waals surface area contributed by atoms with Crippen LogP contribution in [0.1, 0.15) is 31.7 Å². The van der Waals surface area contributed by atoms with E-state index in [1.54, 1.807) is 0 Å². The number of hydrogen-bond donors (Lipinski definition) is 2. The summed E-state index contributed by atoms with van der Waals surface area (Å²) in [6.45, 7) is 5.69. The first-order chi connectivity index (χ1) is 8.75. The van der Waals surface area contributed by atoms with E-state index < -0.39 is 15.4 Å². The van der Waals surface area contributed by atoms with Gasteiger partial charge in [0, 0.05) is 12.0 Å². The second-order valence-electron chi connectivity index (χ2n) is 5.38. The predicted molar refractivity (Wildman–Crippen MR) is 75.9 cm³/mol. The lowest BCUT2D eigenvalue weighted by atomic mass is 10.0.